The summed E-state index contributed by atoms with van der Waals surface area (Å²) in [6.07, 6.45) is 9.80. The third kappa shape index (κ3) is 4.70. The van der Waals surface area contributed by atoms with E-state index in [1.807, 2.05) is 25.3 Å². The number of pyridine rings is 1. The van der Waals surface area contributed by atoms with Gasteiger partial charge in [-0.3, -0.25) is 4.98 Å². The summed E-state index contributed by atoms with van der Waals surface area (Å²) in [6, 6.07) is 4.63. The maximum atomic E-state index is 6.39. The van der Waals surface area contributed by atoms with Crippen molar-refractivity contribution in [2.75, 3.05) is 13.1 Å². The second-order valence-corrected chi connectivity index (χ2v) is 7.57. The molecule has 2 fully saturated rings. The average molecular weight is 332 g/mol. The fourth-order valence-electron chi connectivity index (χ4n) is 3.86. The van der Waals surface area contributed by atoms with Gasteiger partial charge in [-0.2, -0.15) is 0 Å². The second-order valence-electron chi connectivity index (χ2n) is 7.57. The zero-order valence-electron chi connectivity index (χ0n) is 15.4. The van der Waals surface area contributed by atoms with E-state index in [4.69, 9.17) is 9.47 Å². The summed E-state index contributed by atoms with van der Waals surface area (Å²) in [5.41, 5.74) is 0.979. The lowest BCUT2D eigenvalue weighted by Gasteiger charge is -2.37. The number of rotatable bonds is 5. The number of hydrogen-bond donors (Lipinski definition) is 0. The highest BCUT2D eigenvalue weighted by Gasteiger charge is 2.28. The van der Waals surface area contributed by atoms with Crippen molar-refractivity contribution < 1.29 is 9.47 Å². The van der Waals surface area contributed by atoms with E-state index in [1.54, 1.807) is 0 Å². The second kappa shape index (κ2) is 8.30. The molecular weight excluding hydrogens is 300 g/mol. The van der Waals surface area contributed by atoms with Crippen molar-refractivity contribution in [3.63, 3.8) is 0 Å². The zero-order valence-corrected chi connectivity index (χ0v) is 15.4. The zero-order chi connectivity index (χ0) is 16.9. The molecule has 1 aliphatic heterocycles. The van der Waals surface area contributed by atoms with Crippen LogP contribution in [0.3, 0.4) is 0 Å². The maximum Gasteiger partial charge on any atom is 0.140 e. The largest absolute Gasteiger partial charge is 0.489 e. The number of aryl methyl sites for hydroxylation is 1. The molecule has 0 amide bonds. The highest BCUT2D eigenvalue weighted by atomic mass is 16.5. The number of piperidine rings is 1. The molecule has 0 atom stereocenters. The fourth-order valence-corrected chi connectivity index (χ4v) is 3.86. The molecule has 0 unspecified atom stereocenters. The minimum atomic E-state index is 0.315. The lowest BCUT2D eigenvalue weighted by atomic mass is 9.94. The molecule has 3 rings (SSSR count). The molecule has 1 aliphatic carbocycles. The highest BCUT2D eigenvalue weighted by molar-refractivity contribution is 5.25. The first-order valence-corrected chi connectivity index (χ1v) is 9.59. The van der Waals surface area contributed by atoms with Crippen LogP contribution >= 0.6 is 0 Å². The molecule has 0 radical (unpaired) electrons. The SMILES string of the molecule is Cc1ncccc1OC1CCC(OC2CCN(C(C)C)CC2)CC1. The third-order valence-electron chi connectivity index (χ3n) is 5.47. The van der Waals surface area contributed by atoms with Crippen LogP contribution in [0.25, 0.3) is 0 Å². The van der Waals surface area contributed by atoms with E-state index >= 15 is 0 Å². The summed E-state index contributed by atoms with van der Waals surface area (Å²) >= 11 is 0. The Morgan fingerprint density at radius 2 is 1.62 bits per heavy atom. The Morgan fingerprint density at radius 3 is 2.25 bits per heavy atom. The number of hydrogen-bond acceptors (Lipinski definition) is 4. The van der Waals surface area contributed by atoms with Crippen molar-refractivity contribution >= 4 is 0 Å². The predicted molar refractivity (Wildman–Crippen MR) is 96.5 cm³/mol. The van der Waals surface area contributed by atoms with Crippen LogP contribution in [-0.2, 0) is 4.74 Å². The van der Waals surface area contributed by atoms with Gasteiger partial charge in [-0.1, -0.05) is 0 Å². The van der Waals surface area contributed by atoms with Gasteiger partial charge in [0.2, 0.25) is 0 Å². The molecule has 0 bridgehead atoms. The molecule has 4 heteroatoms. The van der Waals surface area contributed by atoms with Crippen molar-refractivity contribution in [2.24, 2.45) is 0 Å². The molecule has 24 heavy (non-hydrogen) atoms. The molecule has 2 heterocycles. The standard InChI is InChI=1S/C20H32N2O2/c1-15(2)22-13-10-19(11-14-22)23-17-6-8-18(9-7-17)24-20-5-4-12-21-16(20)3/h4-5,12,15,17-19H,6-11,13-14H2,1-3H3. The monoisotopic (exact) mass is 332 g/mol. The van der Waals surface area contributed by atoms with E-state index in [0.717, 1.165) is 37.1 Å². The van der Waals surface area contributed by atoms with Crippen LogP contribution in [-0.4, -0.2) is 47.3 Å². The number of ether oxygens (including phenoxy) is 2. The lowest BCUT2D eigenvalue weighted by molar-refractivity contribution is -0.0688. The first kappa shape index (κ1) is 17.7. The Kier molecular flexibility index (Phi) is 6.12. The quantitative estimate of drug-likeness (QED) is 0.817. The number of likely N-dealkylation sites (tertiary alicyclic amines) is 1. The fraction of sp³-hybridized carbons (Fsp3) is 0.750. The van der Waals surface area contributed by atoms with Crippen LogP contribution < -0.4 is 4.74 Å². The summed E-state index contributed by atoms with van der Waals surface area (Å²) in [5, 5.41) is 0. The molecule has 4 nitrogen and oxygen atoms in total. The third-order valence-corrected chi connectivity index (χ3v) is 5.47. The van der Waals surface area contributed by atoms with Crippen LogP contribution in [0.15, 0.2) is 18.3 Å². The maximum absolute atomic E-state index is 6.39. The Balaban J connectivity index is 1.39. The van der Waals surface area contributed by atoms with Gasteiger partial charge in [-0.25, -0.2) is 0 Å². The van der Waals surface area contributed by atoms with E-state index in [0.29, 0.717) is 24.4 Å². The van der Waals surface area contributed by atoms with Gasteiger partial charge in [-0.05, 0) is 71.4 Å². The first-order valence-electron chi connectivity index (χ1n) is 9.59. The van der Waals surface area contributed by atoms with Gasteiger partial charge in [0, 0.05) is 25.3 Å². The van der Waals surface area contributed by atoms with Gasteiger partial charge in [0.25, 0.3) is 0 Å². The van der Waals surface area contributed by atoms with Crippen molar-refractivity contribution in [3.8, 4) is 5.75 Å². The molecule has 0 aromatic carbocycles. The molecule has 134 valence electrons. The van der Waals surface area contributed by atoms with E-state index in [2.05, 4.69) is 23.7 Å². The van der Waals surface area contributed by atoms with Crippen molar-refractivity contribution in [3.05, 3.63) is 24.0 Å². The van der Waals surface area contributed by atoms with E-state index in [1.165, 1.54) is 25.9 Å². The highest BCUT2D eigenvalue weighted by Crippen LogP contribution is 2.28. The molecular formula is C20H32N2O2. The molecule has 0 spiro atoms. The van der Waals surface area contributed by atoms with E-state index in [-0.39, 0.29) is 0 Å². The van der Waals surface area contributed by atoms with Crippen LogP contribution in [0.2, 0.25) is 0 Å². The normalized spacial score (nSPS) is 26.7. The lowest BCUT2D eigenvalue weighted by Crippen LogP contribution is -2.42. The first-order chi connectivity index (χ1) is 11.6. The molecule has 1 aromatic rings. The topological polar surface area (TPSA) is 34.6 Å². The van der Waals surface area contributed by atoms with Crippen molar-refractivity contribution in [2.45, 2.75) is 83.6 Å². The number of nitrogens with zero attached hydrogens (tertiary/aromatic N) is 2. The van der Waals surface area contributed by atoms with Crippen LogP contribution in [0.5, 0.6) is 5.75 Å². The summed E-state index contributed by atoms with van der Waals surface area (Å²) < 4.78 is 12.5. The van der Waals surface area contributed by atoms with Gasteiger partial charge < -0.3 is 14.4 Å². The van der Waals surface area contributed by atoms with Gasteiger partial charge in [0.1, 0.15) is 5.75 Å². The summed E-state index contributed by atoms with van der Waals surface area (Å²) in [6.45, 7) is 8.94. The molecule has 1 saturated carbocycles. The molecule has 1 aromatic heterocycles. The molecule has 0 N–H and O–H groups in total. The average Bonchev–Trinajstić information content (AvgIpc) is 2.59. The van der Waals surface area contributed by atoms with Gasteiger partial charge in [-0.15, -0.1) is 0 Å². The molecule has 2 aliphatic rings. The van der Waals surface area contributed by atoms with Gasteiger partial charge in [0.15, 0.2) is 0 Å². The number of aromatic nitrogens is 1. The predicted octanol–water partition coefficient (Wildman–Crippen LogP) is 3.97. The van der Waals surface area contributed by atoms with Gasteiger partial charge >= 0.3 is 0 Å². The Hall–Kier alpha value is -1.13. The minimum Gasteiger partial charge on any atom is -0.489 e. The van der Waals surface area contributed by atoms with E-state index < -0.39 is 0 Å². The summed E-state index contributed by atoms with van der Waals surface area (Å²) in [4.78, 5) is 6.86. The summed E-state index contributed by atoms with van der Waals surface area (Å²) in [7, 11) is 0. The van der Waals surface area contributed by atoms with Crippen LogP contribution in [0.4, 0.5) is 0 Å². The Bertz CT molecular complexity index is 504. The van der Waals surface area contributed by atoms with Gasteiger partial charge in [0.05, 0.1) is 24.0 Å². The van der Waals surface area contributed by atoms with Crippen LogP contribution in [0.1, 0.15) is 58.1 Å². The van der Waals surface area contributed by atoms with Crippen molar-refractivity contribution in [1.82, 2.24) is 9.88 Å². The van der Waals surface area contributed by atoms with Crippen molar-refractivity contribution in [1.29, 1.82) is 0 Å². The summed E-state index contributed by atoms with van der Waals surface area (Å²) in [5.74, 6) is 0.933. The van der Waals surface area contributed by atoms with E-state index in [9.17, 15) is 0 Å². The molecule has 1 saturated heterocycles. The Labute approximate surface area is 146 Å². The van der Waals surface area contributed by atoms with Crippen LogP contribution in [0, 0.1) is 6.92 Å². The minimum absolute atomic E-state index is 0.315. The smallest absolute Gasteiger partial charge is 0.140 e. The Morgan fingerprint density at radius 1 is 1.00 bits per heavy atom.